The van der Waals surface area contributed by atoms with Crippen LogP contribution in [0, 0.1) is 0 Å². The topological polar surface area (TPSA) is 38.7 Å². The van der Waals surface area contributed by atoms with Crippen LogP contribution < -0.4 is 9.47 Å². The van der Waals surface area contributed by atoms with Crippen LogP contribution in [0.3, 0.4) is 0 Å². The van der Waals surface area contributed by atoms with Gasteiger partial charge in [-0.25, -0.2) is 0 Å². The first kappa shape index (κ1) is 12.6. The molecule has 1 heterocycles. The molecule has 1 aliphatic heterocycles. The number of aromatic hydroxyl groups is 1. The lowest BCUT2D eigenvalue weighted by atomic mass is 10.0. The molecule has 3 heteroatoms. The molecule has 3 nitrogen and oxygen atoms in total. The molecule has 0 aromatic heterocycles. The largest absolute Gasteiger partial charge is 0.507 e. The lowest BCUT2D eigenvalue weighted by Crippen LogP contribution is -1.95. The Morgan fingerprint density at radius 2 is 2.17 bits per heavy atom. The molecule has 1 aromatic carbocycles. The number of hydrogen-bond acceptors (Lipinski definition) is 3. The predicted molar refractivity (Wildman–Crippen MR) is 71.3 cm³/mol. The number of ether oxygens (including phenoxy) is 2. The van der Waals surface area contributed by atoms with Crippen molar-refractivity contribution in [2.75, 3.05) is 6.79 Å². The van der Waals surface area contributed by atoms with E-state index in [1.165, 1.54) is 5.57 Å². The van der Waals surface area contributed by atoms with E-state index in [4.69, 9.17) is 9.47 Å². The summed E-state index contributed by atoms with van der Waals surface area (Å²) in [5, 5.41) is 10.3. The first-order chi connectivity index (χ1) is 8.63. The van der Waals surface area contributed by atoms with Crippen molar-refractivity contribution in [3.8, 4) is 17.2 Å². The van der Waals surface area contributed by atoms with Crippen molar-refractivity contribution < 1.29 is 14.6 Å². The second kappa shape index (κ2) is 5.17. The first-order valence-electron chi connectivity index (χ1n) is 6.01. The summed E-state index contributed by atoms with van der Waals surface area (Å²) in [5.41, 5.74) is 2.82. The summed E-state index contributed by atoms with van der Waals surface area (Å²) in [6.07, 6.45) is 5.09. The van der Waals surface area contributed by atoms with Gasteiger partial charge in [-0.2, -0.15) is 0 Å². The Bertz CT molecular complexity index is 497. The fourth-order valence-corrected chi connectivity index (χ4v) is 1.97. The fourth-order valence-electron chi connectivity index (χ4n) is 1.97. The van der Waals surface area contributed by atoms with E-state index in [-0.39, 0.29) is 12.5 Å². The van der Waals surface area contributed by atoms with Crippen molar-refractivity contribution in [2.24, 2.45) is 0 Å². The molecule has 1 aliphatic rings. The molecular weight excluding hydrogens is 228 g/mol. The van der Waals surface area contributed by atoms with Gasteiger partial charge in [-0.1, -0.05) is 17.7 Å². The molecule has 0 saturated carbocycles. The summed E-state index contributed by atoms with van der Waals surface area (Å²) >= 11 is 0. The molecule has 0 radical (unpaired) electrons. The third-order valence-electron chi connectivity index (χ3n) is 2.89. The molecule has 18 heavy (non-hydrogen) atoms. The second-order valence-corrected chi connectivity index (χ2v) is 4.58. The Hall–Kier alpha value is -1.90. The lowest BCUT2D eigenvalue weighted by molar-refractivity contribution is 0.173. The number of benzene rings is 1. The first-order valence-corrected chi connectivity index (χ1v) is 6.01. The highest BCUT2D eigenvalue weighted by molar-refractivity contribution is 5.59. The van der Waals surface area contributed by atoms with Crippen molar-refractivity contribution in [1.82, 2.24) is 0 Å². The lowest BCUT2D eigenvalue weighted by Gasteiger charge is -2.11. The van der Waals surface area contributed by atoms with Gasteiger partial charge < -0.3 is 14.6 Å². The van der Waals surface area contributed by atoms with E-state index in [1.807, 2.05) is 19.9 Å². The highest BCUT2D eigenvalue weighted by Gasteiger charge is 2.22. The van der Waals surface area contributed by atoms with Crippen molar-refractivity contribution in [3.63, 3.8) is 0 Å². The average molecular weight is 246 g/mol. The van der Waals surface area contributed by atoms with Crippen LogP contribution in [0.1, 0.15) is 25.0 Å². The smallest absolute Gasteiger partial charge is 0.231 e. The van der Waals surface area contributed by atoms with Crippen LogP contribution in [-0.2, 0) is 12.8 Å². The minimum Gasteiger partial charge on any atom is -0.507 e. The highest BCUT2D eigenvalue weighted by Crippen LogP contribution is 2.43. The summed E-state index contributed by atoms with van der Waals surface area (Å²) in [4.78, 5) is 0. The van der Waals surface area contributed by atoms with Gasteiger partial charge in [-0.05, 0) is 32.8 Å². The molecule has 0 spiro atoms. The number of rotatable bonds is 4. The quantitative estimate of drug-likeness (QED) is 0.828. The zero-order chi connectivity index (χ0) is 13.1. The normalized spacial score (nSPS) is 12.3. The number of fused-ring (bicyclic) bond motifs is 1. The van der Waals surface area contributed by atoms with E-state index in [9.17, 15) is 5.11 Å². The van der Waals surface area contributed by atoms with Crippen LogP contribution in [0.4, 0.5) is 0 Å². The van der Waals surface area contributed by atoms with Gasteiger partial charge in [0.25, 0.3) is 0 Å². The summed E-state index contributed by atoms with van der Waals surface area (Å²) in [5.74, 6) is 1.66. The van der Waals surface area contributed by atoms with Gasteiger partial charge in [0.1, 0.15) is 5.75 Å². The number of allylic oxidation sites excluding steroid dienone is 3. The van der Waals surface area contributed by atoms with Crippen LogP contribution in [0.15, 0.2) is 30.4 Å². The molecular formula is C15H18O3. The van der Waals surface area contributed by atoms with E-state index >= 15 is 0 Å². The Morgan fingerprint density at radius 1 is 1.39 bits per heavy atom. The predicted octanol–water partition coefficient (Wildman–Crippen LogP) is 3.36. The van der Waals surface area contributed by atoms with Crippen LogP contribution in [0.5, 0.6) is 17.2 Å². The monoisotopic (exact) mass is 246 g/mol. The van der Waals surface area contributed by atoms with E-state index in [2.05, 4.69) is 12.7 Å². The van der Waals surface area contributed by atoms with Crippen LogP contribution >= 0.6 is 0 Å². The Kier molecular flexibility index (Phi) is 3.60. The molecule has 0 aliphatic carbocycles. The van der Waals surface area contributed by atoms with Gasteiger partial charge in [-0.15, -0.1) is 6.58 Å². The molecule has 0 atom stereocenters. The van der Waals surface area contributed by atoms with Crippen LogP contribution in [0.2, 0.25) is 0 Å². The molecule has 0 amide bonds. The highest BCUT2D eigenvalue weighted by atomic mass is 16.7. The summed E-state index contributed by atoms with van der Waals surface area (Å²) in [6.45, 7) is 7.98. The SMILES string of the molecule is C=CCc1cc2c(c(CC=C(C)C)c1O)OCO2. The minimum atomic E-state index is 0.216. The minimum absolute atomic E-state index is 0.216. The summed E-state index contributed by atoms with van der Waals surface area (Å²) < 4.78 is 10.8. The van der Waals surface area contributed by atoms with Crippen molar-refractivity contribution in [1.29, 1.82) is 0 Å². The maximum atomic E-state index is 10.3. The molecule has 0 fully saturated rings. The standard InChI is InChI=1S/C15H18O3/c1-4-5-11-8-13-15(18-9-17-13)12(14(11)16)7-6-10(2)3/h4,6,8,16H,1,5,7,9H2,2-3H3. The van der Waals surface area contributed by atoms with Crippen molar-refractivity contribution >= 4 is 0 Å². The molecule has 1 N–H and O–H groups in total. The van der Waals surface area contributed by atoms with E-state index in [0.717, 1.165) is 11.1 Å². The number of phenolic OH excluding ortho intramolecular Hbond substituents is 1. The molecule has 96 valence electrons. The zero-order valence-electron chi connectivity index (χ0n) is 10.8. The van der Waals surface area contributed by atoms with Gasteiger partial charge in [0.05, 0.1) is 0 Å². The van der Waals surface area contributed by atoms with Crippen molar-refractivity contribution in [2.45, 2.75) is 26.7 Å². The number of phenols is 1. The Balaban J connectivity index is 2.47. The summed E-state index contributed by atoms with van der Waals surface area (Å²) in [6, 6.07) is 1.82. The number of hydrogen-bond donors (Lipinski definition) is 1. The molecule has 0 saturated heterocycles. The fraction of sp³-hybridized carbons (Fsp3) is 0.333. The Morgan fingerprint density at radius 3 is 2.83 bits per heavy atom. The van der Waals surface area contributed by atoms with Crippen LogP contribution in [0.25, 0.3) is 0 Å². The average Bonchev–Trinajstić information content (AvgIpc) is 2.77. The zero-order valence-corrected chi connectivity index (χ0v) is 10.8. The van der Waals surface area contributed by atoms with Gasteiger partial charge in [0.2, 0.25) is 6.79 Å². The van der Waals surface area contributed by atoms with Crippen molar-refractivity contribution in [3.05, 3.63) is 41.5 Å². The van der Waals surface area contributed by atoms with Gasteiger partial charge in [-0.3, -0.25) is 0 Å². The van der Waals surface area contributed by atoms with Crippen LogP contribution in [-0.4, -0.2) is 11.9 Å². The summed E-state index contributed by atoms with van der Waals surface area (Å²) in [7, 11) is 0. The maximum absolute atomic E-state index is 10.3. The third kappa shape index (κ3) is 2.35. The third-order valence-corrected chi connectivity index (χ3v) is 2.89. The Labute approximate surface area is 107 Å². The molecule has 0 unspecified atom stereocenters. The molecule has 2 rings (SSSR count). The van der Waals surface area contributed by atoms with E-state index in [0.29, 0.717) is 24.3 Å². The van der Waals surface area contributed by atoms with E-state index < -0.39 is 0 Å². The van der Waals surface area contributed by atoms with Gasteiger partial charge in [0, 0.05) is 11.1 Å². The maximum Gasteiger partial charge on any atom is 0.231 e. The molecule has 0 bridgehead atoms. The van der Waals surface area contributed by atoms with E-state index in [1.54, 1.807) is 6.08 Å². The van der Waals surface area contributed by atoms with Gasteiger partial charge in [0.15, 0.2) is 11.5 Å². The molecule has 1 aromatic rings. The second-order valence-electron chi connectivity index (χ2n) is 4.58. The van der Waals surface area contributed by atoms with Gasteiger partial charge >= 0.3 is 0 Å².